The number of pyridine rings is 1. The molecule has 0 spiro atoms. The largest absolute Gasteiger partial charge is 0.412 e. The number of halogens is 3. The van der Waals surface area contributed by atoms with Crippen molar-refractivity contribution >= 4 is 26.8 Å². The molecule has 1 atom stereocenters. The van der Waals surface area contributed by atoms with Crippen LogP contribution in [0.4, 0.5) is 18.3 Å². The van der Waals surface area contributed by atoms with Crippen LogP contribution in [0.3, 0.4) is 0 Å². The van der Waals surface area contributed by atoms with Gasteiger partial charge in [0, 0.05) is 25.0 Å². The van der Waals surface area contributed by atoms with E-state index in [1.807, 2.05) is 0 Å². The first-order valence-corrected chi connectivity index (χ1v) is 7.21. The number of aromatic nitrogens is 4. The first-order chi connectivity index (χ1) is 10.4. The lowest BCUT2D eigenvalue weighted by Gasteiger charge is -2.21. The Morgan fingerprint density at radius 3 is 2.73 bits per heavy atom. The highest BCUT2D eigenvalue weighted by atomic mass is 32.1. The predicted octanol–water partition coefficient (Wildman–Crippen LogP) is 3.45. The quantitative estimate of drug-likeness (QED) is 0.800. The number of fused-ring (bicyclic) bond motifs is 1. The molecule has 0 aliphatic carbocycles. The third-order valence-corrected chi connectivity index (χ3v) is 4.24. The van der Waals surface area contributed by atoms with Crippen LogP contribution < -0.4 is 5.32 Å². The fourth-order valence-electron chi connectivity index (χ4n) is 2.17. The molecule has 3 heterocycles. The summed E-state index contributed by atoms with van der Waals surface area (Å²) >= 11 is 1.16. The fraction of sp³-hybridized carbons (Fsp3) is 0.308. The third-order valence-electron chi connectivity index (χ3n) is 3.16. The number of hydrogen-bond acceptors (Lipinski definition) is 5. The first kappa shape index (κ1) is 14.8. The maximum Gasteiger partial charge on any atom is 0.412 e. The third kappa shape index (κ3) is 2.63. The van der Waals surface area contributed by atoms with Crippen molar-refractivity contribution in [3.8, 4) is 0 Å². The van der Waals surface area contributed by atoms with Crippen molar-refractivity contribution in [1.29, 1.82) is 0 Å². The van der Waals surface area contributed by atoms with E-state index in [4.69, 9.17) is 0 Å². The van der Waals surface area contributed by atoms with E-state index < -0.39 is 12.2 Å². The molecular formula is C13H12F3N5S. The van der Waals surface area contributed by atoms with E-state index in [0.717, 1.165) is 21.7 Å². The van der Waals surface area contributed by atoms with Gasteiger partial charge in [0.2, 0.25) is 0 Å². The van der Waals surface area contributed by atoms with Gasteiger partial charge in [-0.1, -0.05) is 17.4 Å². The molecule has 116 valence electrons. The molecule has 0 aliphatic heterocycles. The molecule has 5 nitrogen and oxygen atoms in total. The molecular weight excluding hydrogens is 315 g/mol. The van der Waals surface area contributed by atoms with Crippen molar-refractivity contribution in [1.82, 2.24) is 19.7 Å². The van der Waals surface area contributed by atoms with Crippen molar-refractivity contribution in [2.45, 2.75) is 19.1 Å². The van der Waals surface area contributed by atoms with Gasteiger partial charge < -0.3 is 5.32 Å². The number of hydrogen-bond donors (Lipinski definition) is 1. The van der Waals surface area contributed by atoms with Crippen LogP contribution in [-0.2, 0) is 7.05 Å². The number of rotatable bonds is 3. The van der Waals surface area contributed by atoms with E-state index in [2.05, 4.69) is 20.4 Å². The van der Waals surface area contributed by atoms with E-state index in [0.29, 0.717) is 5.65 Å². The molecule has 0 bridgehead atoms. The van der Waals surface area contributed by atoms with E-state index in [1.165, 1.54) is 24.5 Å². The fourth-order valence-corrected chi connectivity index (χ4v) is 3.13. The minimum Gasteiger partial charge on any atom is -0.346 e. The lowest BCUT2D eigenvalue weighted by atomic mass is 10.1. The lowest BCUT2D eigenvalue weighted by Crippen LogP contribution is -2.27. The number of nitrogens with zero attached hydrogens (tertiary/aromatic N) is 4. The Balaban J connectivity index is 1.97. The van der Waals surface area contributed by atoms with Crippen LogP contribution in [0.25, 0.3) is 10.3 Å². The Labute approximate surface area is 127 Å². The molecule has 22 heavy (non-hydrogen) atoms. The van der Waals surface area contributed by atoms with Gasteiger partial charge in [0.25, 0.3) is 0 Å². The maximum atomic E-state index is 13.3. The van der Waals surface area contributed by atoms with Gasteiger partial charge in [-0.15, -0.1) is 0 Å². The van der Waals surface area contributed by atoms with Gasteiger partial charge in [-0.2, -0.15) is 18.3 Å². The van der Waals surface area contributed by atoms with Crippen molar-refractivity contribution < 1.29 is 13.2 Å². The van der Waals surface area contributed by atoms with Gasteiger partial charge in [0.05, 0.1) is 10.4 Å². The Bertz CT molecular complexity index is 759. The zero-order valence-electron chi connectivity index (χ0n) is 11.7. The van der Waals surface area contributed by atoms with Crippen LogP contribution in [0.5, 0.6) is 0 Å². The van der Waals surface area contributed by atoms with Crippen LogP contribution in [0.1, 0.15) is 17.3 Å². The van der Waals surface area contributed by atoms with Gasteiger partial charge in [-0.05, 0) is 13.0 Å². The molecule has 0 unspecified atom stereocenters. The second-order valence-electron chi connectivity index (χ2n) is 4.79. The molecule has 0 saturated carbocycles. The SMILES string of the molecule is Cc1nn(C)c2nc(N[C@H](c3cccnc3)C(F)(F)F)sc12. The summed E-state index contributed by atoms with van der Waals surface area (Å²) < 4.78 is 42.2. The lowest BCUT2D eigenvalue weighted by molar-refractivity contribution is -0.144. The summed E-state index contributed by atoms with van der Waals surface area (Å²) in [5.74, 6) is 0. The molecule has 3 aromatic rings. The molecule has 3 aromatic heterocycles. The highest BCUT2D eigenvalue weighted by Gasteiger charge is 2.41. The molecule has 1 N–H and O–H groups in total. The Kier molecular flexibility index (Phi) is 3.51. The molecule has 0 fully saturated rings. The summed E-state index contributed by atoms with van der Waals surface area (Å²) in [7, 11) is 1.71. The van der Waals surface area contributed by atoms with Crippen molar-refractivity contribution in [3.05, 3.63) is 35.8 Å². The standard InChI is InChI=1S/C13H12F3N5S/c1-7-9-11(21(2)20-7)19-12(22-9)18-10(13(14,15)16)8-4-3-5-17-6-8/h3-6,10H,1-2H3,(H,18,19)/t10-/m1/s1. The van der Waals surface area contributed by atoms with Crippen molar-refractivity contribution in [2.24, 2.45) is 7.05 Å². The summed E-state index contributed by atoms with van der Waals surface area (Å²) in [6.07, 6.45) is -1.82. The number of aryl methyl sites for hydroxylation is 2. The van der Waals surface area contributed by atoms with Crippen LogP contribution in [-0.4, -0.2) is 25.9 Å². The van der Waals surface area contributed by atoms with Crippen molar-refractivity contribution in [3.63, 3.8) is 0 Å². The second kappa shape index (κ2) is 5.24. The van der Waals surface area contributed by atoms with Crippen LogP contribution >= 0.6 is 11.3 Å². The van der Waals surface area contributed by atoms with Gasteiger partial charge >= 0.3 is 6.18 Å². The van der Waals surface area contributed by atoms with Crippen molar-refractivity contribution in [2.75, 3.05) is 5.32 Å². The molecule has 0 amide bonds. The molecule has 3 rings (SSSR count). The average Bonchev–Trinajstić information content (AvgIpc) is 2.98. The monoisotopic (exact) mass is 327 g/mol. The predicted molar refractivity (Wildman–Crippen MR) is 77.8 cm³/mol. The van der Waals surface area contributed by atoms with Gasteiger partial charge in [0.15, 0.2) is 16.8 Å². The number of thiazole rings is 1. The Morgan fingerprint density at radius 1 is 1.36 bits per heavy atom. The highest BCUT2D eigenvalue weighted by molar-refractivity contribution is 7.22. The first-order valence-electron chi connectivity index (χ1n) is 6.39. The van der Waals surface area contributed by atoms with E-state index >= 15 is 0 Å². The molecule has 0 aliphatic rings. The zero-order chi connectivity index (χ0) is 15.9. The molecule has 0 radical (unpaired) electrons. The summed E-state index contributed by atoms with van der Waals surface area (Å²) in [4.78, 5) is 7.95. The summed E-state index contributed by atoms with van der Waals surface area (Å²) in [5.41, 5.74) is 1.36. The van der Waals surface area contributed by atoms with Crippen LogP contribution in [0.2, 0.25) is 0 Å². The Hall–Kier alpha value is -2.16. The highest BCUT2D eigenvalue weighted by Crippen LogP contribution is 2.37. The summed E-state index contributed by atoms with van der Waals surface area (Å²) in [6, 6.07) is 1.01. The number of nitrogens with one attached hydrogen (secondary N) is 1. The smallest absolute Gasteiger partial charge is 0.346 e. The Morgan fingerprint density at radius 2 is 2.14 bits per heavy atom. The molecule has 0 aromatic carbocycles. The normalized spacial score (nSPS) is 13.5. The second-order valence-corrected chi connectivity index (χ2v) is 5.79. The minimum absolute atomic E-state index is 0.0455. The number of anilines is 1. The molecule has 0 saturated heterocycles. The molecule has 9 heteroatoms. The summed E-state index contributed by atoms with van der Waals surface area (Å²) in [5, 5.41) is 6.85. The van der Waals surface area contributed by atoms with E-state index in [1.54, 1.807) is 18.7 Å². The van der Waals surface area contributed by atoms with E-state index in [-0.39, 0.29) is 10.7 Å². The van der Waals surface area contributed by atoms with Crippen LogP contribution in [0.15, 0.2) is 24.5 Å². The maximum absolute atomic E-state index is 13.3. The number of alkyl halides is 3. The van der Waals surface area contributed by atoms with Gasteiger partial charge in [0.1, 0.15) is 0 Å². The van der Waals surface area contributed by atoms with Crippen LogP contribution in [0, 0.1) is 6.92 Å². The van der Waals surface area contributed by atoms with Gasteiger partial charge in [-0.25, -0.2) is 9.67 Å². The minimum atomic E-state index is -4.45. The topological polar surface area (TPSA) is 55.6 Å². The zero-order valence-corrected chi connectivity index (χ0v) is 12.5. The van der Waals surface area contributed by atoms with Gasteiger partial charge in [-0.3, -0.25) is 4.98 Å². The summed E-state index contributed by atoms with van der Waals surface area (Å²) in [6.45, 7) is 1.80. The average molecular weight is 327 g/mol. The van der Waals surface area contributed by atoms with E-state index in [9.17, 15) is 13.2 Å².